The predicted octanol–water partition coefficient (Wildman–Crippen LogP) is 3.95. The Hall–Kier alpha value is -3.35. The zero-order chi connectivity index (χ0) is 21.7. The van der Waals surface area contributed by atoms with Crippen LogP contribution in [0, 0.1) is 22.7 Å². The molecule has 0 radical (unpaired) electrons. The number of nitrogen functional groups attached to an aromatic ring is 2. The normalized spacial score (nSPS) is 21.8. The van der Waals surface area contributed by atoms with Gasteiger partial charge in [0.25, 0.3) is 0 Å². The zero-order valence-corrected chi connectivity index (χ0v) is 16.9. The number of ether oxygens (including phenoxy) is 1. The van der Waals surface area contributed by atoms with Gasteiger partial charge < -0.3 is 32.8 Å². The van der Waals surface area contributed by atoms with Crippen molar-refractivity contribution in [1.82, 2.24) is 0 Å². The number of rotatable bonds is 5. The van der Waals surface area contributed by atoms with Gasteiger partial charge in [0, 0.05) is 34.6 Å². The fourth-order valence-electron chi connectivity index (χ4n) is 4.23. The first-order valence-corrected chi connectivity index (χ1v) is 10.2. The number of carbonyl (C=O) groups excluding carboxylic acids is 1. The maximum atomic E-state index is 11.6. The molecule has 2 aromatic carbocycles. The van der Waals surface area contributed by atoms with Crippen LogP contribution >= 0.6 is 0 Å². The van der Waals surface area contributed by atoms with Crippen LogP contribution < -0.4 is 17.2 Å². The minimum atomic E-state index is -0.853. The van der Waals surface area contributed by atoms with Crippen molar-refractivity contribution in [3.8, 4) is 0 Å². The minimum absolute atomic E-state index is 0.289. The van der Waals surface area contributed by atoms with Crippen molar-refractivity contribution < 1.29 is 9.53 Å². The lowest BCUT2D eigenvalue weighted by atomic mass is 9.72. The summed E-state index contributed by atoms with van der Waals surface area (Å²) < 4.78 is 5.50. The molecule has 0 bridgehead atoms. The van der Waals surface area contributed by atoms with Gasteiger partial charge in [0.15, 0.2) is 0 Å². The summed E-state index contributed by atoms with van der Waals surface area (Å²) in [6, 6.07) is 14.3. The number of carbonyl (C=O) groups is 1. The van der Waals surface area contributed by atoms with Gasteiger partial charge in [0.2, 0.25) is 0 Å². The Labute approximate surface area is 176 Å². The van der Waals surface area contributed by atoms with E-state index in [1.165, 1.54) is 0 Å². The Kier molecular flexibility index (Phi) is 6.72. The maximum absolute atomic E-state index is 11.6. The first kappa shape index (κ1) is 21.4. The predicted molar refractivity (Wildman–Crippen MR) is 120 cm³/mol. The number of primary amides is 1. The third-order valence-electron chi connectivity index (χ3n) is 5.75. The van der Waals surface area contributed by atoms with E-state index in [0.29, 0.717) is 34.8 Å². The van der Waals surface area contributed by atoms with Crippen LogP contribution in [0.1, 0.15) is 43.2 Å². The second-order valence-corrected chi connectivity index (χ2v) is 7.82. The van der Waals surface area contributed by atoms with Crippen LogP contribution in [0.15, 0.2) is 48.5 Å². The monoisotopic (exact) mass is 407 g/mol. The van der Waals surface area contributed by atoms with Gasteiger partial charge in [-0.3, -0.25) is 0 Å². The largest absolute Gasteiger partial charge is 0.446 e. The summed E-state index contributed by atoms with van der Waals surface area (Å²) in [5.41, 5.74) is 20.4. The third kappa shape index (κ3) is 4.97. The summed E-state index contributed by atoms with van der Waals surface area (Å²) in [5, 5.41) is 17.9. The summed E-state index contributed by atoms with van der Waals surface area (Å²) in [6.07, 6.45) is 2.72. The van der Waals surface area contributed by atoms with Gasteiger partial charge in [-0.1, -0.05) is 37.1 Å². The Morgan fingerprint density at radius 2 is 1.30 bits per heavy atom. The van der Waals surface area contributed by atoms with E-state index in [1.807, 2.05) is 12.1 Å². The molecule has 30 heavy (non-hydrogen) atoms. The van der Waals surface area contributed by atoms with Crippen molar-refractivity contribution in [1.29, 1.82) is 10.8 Å². The number of anilines is 2. The number of nitrogens with two attached hydrogens (primary N) is 3. The van der Waals surface area contributed by atoms with Crippen LogP contribution in [0.25, 0.3) is 0 Å². The lowest BCUT2D eigenvalue weighted by Gasteiger charge is -2.36. The van der Waals surface area contributed by atoms with Crippen LogP contribution in [0.5, 0.6) is 0 Å². The van der Waals surface area contributed by atoms with Crippen LogP contribution in [0.4, 0.5) is 16.2 Å². The molecule has 0 spiro atoms. The molecular formula is C23H29N5O2. The molecule has 3 unspecified atom stereocenters. The van der Waals surface area contributed by atoms with E-state index < -0.39 is 18.1 Å². The minimum Gasteiger partial charge on any atom is -0.446 e. The first-order valence-electron chi connectivity index (χ1n) is 10.2. The molecule has 1 saturated carbocycles. The molecule has 2 aromatic rings. The standard InChI is InChI=1S/C23H29N5O2/c24-16-10-6-14(7-11-16)21(26)18-4-2-1-3-5-19(30-23(28)29)20(18)22(27)15-8-12-17(25)13-9-15/h6-13,18-20,26-27H,1-5,24-25H2,(H2,28,29). The molecule has 0 aliphatic heterocycles. The van der Waals surface area contributed by atoms with Gasteiger partial charge >= 0.3 is 6.09 Å². The van der Waals surface area contributed by atoms with Gasteiger partial charge in [-0.15, -0.1) is 0 Å². The quantitative estimate of drug-likeness (QED) is 0.376. The maximum Gasteiger partial charge on any atom is 0.404 e. The van der Waals surface area contributed by atoms with E-state index in [1.54, 1.807) is 36.4 Å². The third-order valence-corrected chi connectivity index (χ3v) is 5.75. The average molecular weight is 408 g/mol. The second-order valence-electron chi connectivity index (χ2n) is 7.82. The van der Waals surface area contributed by atoms with Crippen molar-refractivity contribution in [2.45, 2.75) is 38.2 Å². The molecule has 0 heterocycles. The lowest BCUT2D eigenvalue weighted by molar-refractivity contribution is 0.0650. The molecule has 7 nitrogen and oxygen atoms in total. The highest BCUT2D eigenvalue weighted by molar-refractivity contribution is 6.07. The molecular weight excluding hydrogens is 378 g/mol. The van der Waals surface area contributed by atoms with Crippen molar-refractivity contribution in [3.63, 3.8) is 0 Å². The van der Waals surface area contributed by atoms with Gasteiger partial charge in [-0.05, 0) is 54.7 Å². The van der Waals surface area contributed by atoms with Crippen molar-refractivity contribution in [2.75, 3.05) is 11.5 Å². The number of nitrogens with one attached hydrogen (secondary N) is 2. The molecule has 0 saturated heterocycles. The summed E-state index contributed by atoms with van der Waals surface area (Å²) in [6.45, 7) is 0. The van der Waals surface area contributed by atoms with E-state index >= 15 is 0 Å². The van der Waals surface area contributed by atoms with Crippen molar-refractivity contribution in [3.05, 3.63) is 59.7 Å². The molecule has 3 rings (SSSR count). The molecule has 1 fully saturated rings. The summed E-state index contributed by atoms with van der Waals surface area (Å²) in [5.74, 6) is -0.769. The molecule has 1 aliphatic carbocycles. The van der Waals surface area contributed by atoms with E-state index in [2.05, 4.69) is 0 Å². The fraction of sp³-hybridized carbons (Fsp3) is 0.348. The van der Waals surface area contributed by atoms with Gasteiger partial charge in [0.1, 0.15) is 6.10 Å². The van der Waals surface area contributed by atoms with Crippen LogP contribution in [-0.2, 0) is 4.74 Å². The molecule has 3 atom stereocenters. The summed E-state index contributed by atoms with van der Waals surface area (Å²) in [7, 11) is 0. The van der Waals surface area contributed by atoms with Crippen LogP contribution in [-0.4, -0.2) is 23.6 Å². The molecule has 1 amide bonds. The number of amides is 1. The SMILES string of the molecule is N=C(c1ccc(N)cc1)C1CCCCCC(OC(N)=O)C1C(=N)c1ccc(N)cc1. The Bertz CT molecular complexity index is 908. The Morgan fingerprint density at radius 1 is 0.800 bits per heavy atom. The van der Waals surface area contributed by atoms with Crippen LogP contribution in [0.2, 0.25) is 0 Å². The fourth-order valence-corrected chi connectivity index (χ4v) is 4.23. The van der Waals surface area contributed by atoms with E-state index in [4.69, 9.17) is 32.8 Å². The molecule has 0 aromatic heterocycles. The summed E-state index contributed by atoms with van der Waals surface area (Å²) in [4.78, 5) is 11.6. The smallest absolute Gasteiger partial charge is 0.404 e. The highest BCUT2D eigenvalue weighted by atomic mass is 16.6. The number of hydrogen-bond donors (Lipinski definition) is 5. The number of benzene rings is 2. The van der Waals surface area contributed by atoms with Crippen molar-refractivity contribution >= 4 is 28.9 Å². The second kappa shape index (κ2) is 9.43. The Balaban J connectivity index is 2.02. The Morgan fingerprint density at radius 3 is 1.83 bits per heavy atom. The van der Waals surface area contributed by atoms with E-state index in [0.717, 1.165) is 31.2 Å². The van der Waals surface area contributed by atoms with Gasteiger partial charge in [0.05, 0.1) is 0 Å². The van der Waals surface area contributed by atoms with Crippen LogP contribution in [0.3, 0.4) is 0 Å². The first-order chi connectivity index (χ1) is 14.4. The van der Waals surface area contributed by atoms with E-state index in [9.17, 15) is 4.79 Å². The molecule has 7 heteroatoms. The van der Waals surface area contributed by atoms with Crippen molar-refractivity contribution in [2.24, 2.45) is 17.6 Å². The van der Waals surface area contributed by atoms with Gasteiger partial charge in [-0.2, -0.15) is 0 Å². The highest BCUT2D eigenvalue weighted by Crippen LogP contribution is 2.35. The molecule has 1 aliphatic rings. The topological polar surface area (TPSA) is 152 Å². The lowest BCUT2D eigenvalue weighted by Crippen LogP contribution is -2.42. The average Bonchev–Trinajstić information content (AvgIpc) is 2.70. The zero-order valence-electron chi connectivity index (χ0n) is 16.9. The molecule has 158 valence electrons. The van der Waals surface area contributed by atoms with E-state index in [-0.39, 0.29) is 5.92 Å². The highest BCUT2D eigenvalue weighted by Gasteiger charge is 2.38. The summed E-state index contributed by atoms with van der Waals surface area (Å²) >= 11 is 0. The van der Waals surface area contributed by atoms with Gasteiger partial charge in [-0.25, -0.2) is 4.79 Å². The number of hydrogen-bond acceptors (Lipinski definition) is 6. The molecule has 8 N–H and O–H groups in total.